The standard InChI is InChI=1S/C61H107NO5/c1-4-7-10-13-16-19-22-25-28-30-32-34-37-40-43-46-49-52-57(67-61(66)54-51-48-45-42-39-36-33-29-26-23-20-17-14-11-8-5-2)55-60(65)62-58(56-63)59(64)53-50-47-44-41-38-35-31-27-24-21-18-15-12-9-6-3/h7,10,16,19,25,28-29,32-34,36,39-40,43,57-59,63-64H,4-6,8-9,11-15,17-18,20-24,26-27,30-31,35,37-38,41-42,44-56H2,1-3H3,(H,62,65)/b10-7-,19-16-,28-25-,33-29+,34-32-,39-36+,43-40-. The van der Waals surface area contributed by atoms with Crippen LogP contribution in [0.2, 0.25) is 0 Å². The molecule has 0 fully saturated rings. The van der Waals surface area contributed by atoms with E-state index in [1.54, 1.807) is 0 Å². The Morgan fingerprint density at radius 1 is 0.463 bits per heavy atom. The van der Waals surface area contributed by atoms with Crippen LogP contribution in [0.3, 0.4) is 0 Å². The van der Waals surface area contributed by atoms with Crippen molar-refractivity contribution in [1.29, 1.82) is 0 Å². The Bertz CT molecular complexity index is 1280. The second-order valence-corrected chi connectivity index (χ2v) is 19.0. The molecule has 386 valence electrons. The molecule has 3 atom stereocenters. The lowest BCUT2D eigenvalue weighted by Gasteiger charge is -2.24. The number of unbranched alkanes of at least 4 members (excludes halogenated alkanes) is 25. The number of esters is 1. The summed E-state index contributed by atoms with van der Waals surface area (Å²) in [6, 6.07) is -0.730. The predicted octanol–water partition coefficient (Wildman–Crippen LogP) is 17.5. The van der Waals surface area contributed by atoms with Crippen molar-refractivity contribution in [2.75, 3.05) is 6.61 Å². The molecule has 0 heterocycles. The number of amides is 1. The zero-order valence-corrected chi connectivity index (χ0v) is 44.0. The molecule has 0 saturated heterocycles. The number of nitrogens with one attached hydrogen (secondary N) is 1. The molecule has 3 N–H and O–H groups in total. The van der Waals surface area contributed by atoms with E-state index < -0.39 is 18.2 Å². The Labute approximate surface area is 414 Å². The molecule has 0 aliphatic rings. The minimum atomic E-state index is -0.812. The van der Waals surface area contributed by atoms with Crippen molar-refractivity contribution in [3.8, 4) is 0 Å². The van der Waals surface area contributed by atoms with Gasteiger partial charge in [0.1, 0.15) is 6.10 Å². The smallest absolute Gasteiger partial charge is 0.306 e. The minimum absolute atomic E-state index is 0.0247. The maximum Gasteiger partial charge on any atom is 0.306 e. The number of aliphatic hydroxyl groups is 2. The van der Waals surface area contributed by atoms with Crippen LogP contribution in [-0.4, -0.2) is 46.9 Å². The van der Waals surface area contributed by atoms with E-state index in [0.717, 1.165) is 96.3 Å². The Hall–Kier alpha value is -2.96. The number of hydrogen-bond acceptors (Lipinski definition) is 5. The second kappa shape index (κ2) is 54.0. The van der Waals surface area contributed by atoms with E-state index in [1.165, 1.54) is 122 Å². The molecular weight excluding hydrogens is 827 g/mol. The van der Waals surface area contributed by atoms with E-state index in [4.69, 9.17) is 4.74 Å². The van der Waals surface area contributed by atoms with Gasteiger partial charge in [0.2, 0.25) is 5.91 Å². The monoisotopic (exact) mass is 934 g/mol. The highest BCUT2D eigenvalue weighted by Gasteiger charge is 2.24. The summed E-state index contributed by atoms with van der Waals surface area (Å²) in [6.07, 6.45) is 70.8. The molecule has 0 aliphatic heterocycles. The van der Waals surface area contributed by atoms with Crippen LogP contribution in [0.5, 0.6) is 0 Å². The topological polar surface area (TPSA) is 95.9 Å². The first-order valence-corrected chi connectivity index (χ1v) is 28.3. The summed E-state index contributed by atoms with van der Waals surface area (Å²) in [4.78, 5) is 26.2. The van der Waals surface area contributed by atoms with Crippen molar-refractivity contribution < 1.29 is 24.5 Å². The predicted molar refractivity (Wildman–Crippen MR) is 291 cm³/mol. The largest absolute Gasteiger partial charge is 0.462 e. The molecule has 0 bridgehead atoms. The first-order chi connectivity index (χ1) is 33.0. The summed E-state index contributed by atoms with van der Waals surface area (Å²) >= 11 is 0. The third-order valence-electron chi connectivity index (χ3n) is 12.5. The number of rotatable bonds is 50. The number of carbonyl (C=O) groups excluding carboxylic acids is 2. The van der Waals surface area contributed by atoms with Crippen LogP contribution in [0.25, 0.3) is 0 Å². The molecule has 0 aromatic carbocycles. The average Bonchev–Trinajstić information content (AvgIpc) is 3.32. The number of carbonyl (C=O) groups is 2. The Kier molecular flexibility index (Phi) is 51.6. The van der Waals surface area contributed by atoms with Crippen LogP contribution >= 0.6 is 0 Å². The van der Waals surface area contributed by atoms with Gasteiger partial charge in [-0.3, -0.25) is 9.59 Å². The zero-order valence-electron chi connectivity index (χ0n) is 44.0. The molecule has 0 aromatic rings. The normalized spacial score (nSPS) is 13.8. The van der Waals surface area contributed by atoms with Gasteiger partial charge in [-0.1, -0.05) is 247 Å². The third-order valence-corrected chi connectivity index (χ3v) is 12.5. The fourth-order valence-electron chi connectivity index (χ4n) is 8.22. The second-order valence-electron chi connectivity index (χ2n) is 19.0. The van der Waals surface area contributed by atoms with E-state index in [2.05, 4.69) is 111 Å². The summed E-state index contributed by atoms with van der Waals surface area (Å²) in [6.45, 7) is 6.36. The SMILES string of the molecule is CC/C=C\C/C=C\C/C=C\C/C=C\C/C=C\CCCC(CC(=O)NC(CO)C(O)CCCCCCCCCCCCCCCCC)OC(=O)CCCCC/C=C/C=C/CCCCCCCCC. The van der Waals surface area contributed by atoms with Gasteiger partial charge in [-0.05, 0) is 89.9 Å². The molecule has 67 heavy (non-hydrogen) atoms. The molecule has 6 nitrogen and oxygen atoms in total. The van der Waals surface area contributed by atoms with E-state index in [9.17, 15) is 19.8 Å². The first kappa shape index (κ1) is 64.0. The summed E-state index contributed by atoms with van der Waals surface area (Å²) < 4.78 is 5.91. The third kappa shape index (κ3) is 49.3. The van der Waals surface area contributed by atoms with Gasteiger partial charge >= 0.3 is 5.97 Å². The molecule has 0 rings (SSSR count). The van der Waals surface area contributed by atoms with Gasteiger partial charge in [-0.15, -0.1) is 0 Å². The number of hydrogen-bond donors (Lipinski definition) is 3. The molecule has 0 saturated carbocycles. The Balaban J connectivity index is 4.72. The quantitative estimate of drug-likeness (QED) is 0.0244. The molecule has 0 aromatic heterocycles. The van der Waals surface area contributed by atoms with Gasteiger partial charge in [0.15, 0.2) is 0 Å². The molecule has 0 spiro atoms. The van der Waals surface area contributed by atoms with Crippen LogP contribution < -0.4 is 5.32 Å². The molecule has 3 unspecified atom stereocenters. The van der Waals surface area contributed by atoms with Crippen molar-refractivity contribution >= 4 is 11.9 Å². The summed E-state index contributed by atoms with van der Waals surface area (Å²) in [5.41, 5.74) is 0. The molecule has 1 amide bonds. The molecule has 6 heteroatoms. The summed E-state index contributed by atoms with van der Waals surface area (Å²) in [7, 11) is 0. The van der Waals surface area contributed by atoms with Crippen LogP contribution in [-0.2, 0) is 14.3 Å². The van der Waals surface area contributed by atoms with E-state index in [1.807, 2.05) is 0 Å². The average molecular weight is 935 g/mol. The highest BCUT2D eigenvalue weighted by molar-refractivity contribution is 5.77. The van der Waals surface area contributed by atoms with Gasteiger partial charge in [-0.25, -0.2) is 0 Å². The van der Waals surface area contributed by atoms with Crippen LogP contribution in [0.1, 0.15) is 265 Å². The molecular formula is C61H107NO5. The Morgan fingerprint density at radius 3 is 1.33 bits per heavy atom. The van der Waals surface area contributed by atoms with Gasteiger partial charge in [0, 0.05) is 6.42 Å². The van der Waals surface area contributed by atoms with Crippen LogP contribution in [0.15, 0.2) is 85.1 Å². The maximum atomic E-state index is 13.3. The lowest BCUT2D eigenvalue weighted by atomic mass is 10.0. The maximum absolute atomic E-state index is 13.3. The van der Waals surface area contributed by atoms with E-state index in [-0.39, 0.29) is 24.9 Å². The Morgan fingerprint density at radius 2 is 0.866 bits per heavy atom. The van der Waals surface area contributed by atoms with Gasteiger partial charge in [0.25, 0.3) is 0 Å². The van der Waals surface area contributed by atoms with E-state index >= 15 is 0 Å². The van der Waals surface area contributed by atoms with E-state index in [0.29, 0.717) is 19.3 Å². The number of aliphatic hydroxyl groups excluding tert-OH is 2. The number of allylic oxidation sites excluding steroid dienone is 14. The van der Waals surface area contributed by atoms with Crippen molar-refractivity contribution in [2.45, 2.75) is 283 Å². The van der Waals surface area contributed by atoms with Crippen LogP contribution in [0, 0.1) is 0 Å². The molecule has 0 aliphatic carbocycles. The fraction of sp³-hybridized carbons (Fsp3) is 0.738. The van der Waals surface area contributed by atoms with Gasteiger partial charge in [-0.2, -0.15) is 0 Å². The van der Waals surface area contributed by atoms with Crippen molar-refractivity contribution in [3.05, 3.63) is 85.1 Å². The van der Waals surface area contributed by atoms with Crippen molar-refractivity contribution in [3.63, 3.8) is 0 Å². The summed E-state index contributed by atoms with van der Waals surface area (Å²) in [5.74, 6) is -0.561. The fourth-order valence-corrected chi connectivity index (χ4v) is 8.22. The highest BCUT2D eigenvalue weighted by atomic mass is 16.5. The lowest BCUT2D eigenvalue weighted by Crippen LogP contribution is -2.46. The zero-order chi connectivity index (χ0) is 48.8. The van der Waals surface area contributed by atoms with Crippen molar-refractivity contribution in [1.82, 2.24) is 5.32 Å². The van der Waals surface area contributed by atoms with Crippen LogP contribution in [0.4, 0.5) is 0 Å². The first-order valence-electron chi connectivity index (χ1n) is 28.3. The van der Waals surface area contributed by atoms with Gasteiger partial charge < -0.3 is 20.3 Å². The summed E-state index contributed by atoms with van der Waals surface area (Å²) in [5, 5.41) is 23.8. The minimum Gasteiger partial charge on any atom is -0.462 e. The number of ether oxygens (including phenoxy) is 1. The van der Waals surface area contributed by atoms with Gasteiger partial charge in [0.05, 0.1) is 25.2 Å². The van der Waals surface area contributed by atoms with Crippen molar-refractivity contribution in [2.24, 2.45) is 0 Å². The molecule has 0 radical (unpaired) electrons. The lowest BCUT2D eigenvalue weighted by molar-refractivity contribution is -0.151. The highest BCUT2D eigenvalue weighted by Crippen LogP contribution is 2.17.